The number of rotatable bonds is 4. The quantitative estimate of drug-likeness (QED) is 0.874. The molecule has 1 unspecified atom stereocenters. The predicted octanol–water partition coefficient (Wildman–Crippen LogP) is 2.46. The van der Waals surface area contributed by atoms with Crippen LogP contribution < -0.4 is 15.4 Å². The van der Waals surface area contributed by atoms with Gasteiger partial charge in [-0.3, -0.25) is 4.79 Å². The molecule has 2 aliphatic rings. The van der Waals surface area contributed by atoms with Crippen LogP contribution in [-0.2, 0) is 11.3 Å². The number of hydrogen-bond acceptors (Lipinski definition) is 3. The molecule has 1 aliphatic carbocycles. The Morgan fingerprint density at radius 1 is 1.48 bits per heavy atom. The third-order valence-electron chi connectivity index (χ3n) is 4.79. The Balaban J connectivity index is 1.53. The highest BCUT2D eigenvalue weighted by molar-refractivity contribution is 9.10. The molecule has 2 fully saturated rings. The van der Waals surface area contributed by atoms with E-state index in [2.05, 4.69) is 26.6 Å². The smallest absolute Gasteiger partial charge is 0.223 e. The summed E-state index contributed by atoms with van der Waals surface area (Å²) in [6, 6.07) is 5.89. The van der Waals surface area contributed by atoms with Crippen molar-refractivity contribution in [2.24, 2.45) is 11.3 Å². The van der Waals surface area contributed by atoms with Crippen LogP contribution in [0.3, 0.4) is 0 Å². The van der Waals surface area contributed by atoms with E-state index in [1.165, 1.54) is 0 Å². The topological polar surface area (TPSA) is 50.4 Å². The summed E-state index contributed by atoms with van der Waals surface area (Å²) in [7, 11) is 1.65. The fourth-order valence-corrected chi connectivity index (χ4v) is 3.92. The summed E-state index contributed by atoms with van der Waals surface area (Å²) in [6.45, 7) is 2.68. The van der Waals surface area contributed by atoms with E-state index in [9.17, 15) is 4.79 Å². The van der Waals surface area contributed by atoms with Gasteiger partial charge >= 0.3 is 0 Å². The number of nitrogens with one attached hydrogen (secondary N) is 2. The van der Waals surface area contributed by atoms with Crippen molar-refractivity contribution in [1.29, 1.82) is 0 Å². The molecule has 0 bridgehead atoms. The first-order chi connectivity index (χ1) is 10.1. The van der Waals surface area contributed by atoms with Crippen LogP contribution in [0.15, 0.2) is 22.7 Å². The monoisotopic (exact) mass is 352 g/mol. The summed E-state index contributed by atoms with van der Waals surface area (Å²) in [5.74, 6) is 1.24. The standard InChI is InChI=1S/C16H21BrN2O2/c1-21-14-3-2-11(8-13(14)17)10-19-15(20)12-9-16(12)4-6-18-7-5-16/h2-3,8,12,18H,4-7,9-10H2,1H3,(H,19,20). The highest BCUT2D eigenvalue weighted by atomic mass is 79.9. The van der Waals surface area contributed by atoms with Crippen LogP contribution in [0.5, 0.6) is 5.75 Å². The fourth-order valence-electron chi connectivity index (χ4n) is 3.33. The number of ether oxygens (including phenoxy) is 1. The normalized spacial score (nSPS) is 22.9. The molecule has 3 rings (SSSR count). The predicted molar refractivity (Wildman–Crippen MR) is 85.2 cm³/mol. The van der Waals surface area contributed by atoms with E-state index < -0.39 is 0 Å². The molecule has 1 atom stereocenters. The molecule has 0 aromatic heterocycles. The number of benzene rings is 1. The first-order valence-corrected chi connectivity index (χ1v) is 8.25. The maximum atomic E-state index is 12.3. The molecule has 1 aliphatic heterocycles. The summed E-state index contributed by atoms with van der Waals surface area (Å²) < 4.78 is 6.12. The molecular weight excluding hydrogens is 332 g/mol. The molecule has 1 heterocycles. The molecule has 1 saturated heterocycles. The summed E-state index contributed by atoms with van der Waals surface area (Å²) in [4.78, 5) is 12.3. The van der Waals surface area contributed by atoms with Crippen molar-refractivity contribution in [3.63, 3.8) is 0 Å². The molecule has 5 heteroatoms. The second kappa shape index (κ2) is 5.97. The van der Waals surface area contributed by atoms with Crippen LogP contribution in [0.2, 0.25) is 0 Å². The Hall–Kier alpha value is -1.07. The summed E-state index contributed by atoms with van der Waals surface area (Å²) >= 11 is 3.47. The van der Waals surface area contributed by atoms with Crippen molar-refractivity contribution in [2.75, 3.05) is 20.2 Å². The zero-order valence-electron chi connectivity index (χ0n) is 12.2. The molecule has 114 valence electrons. The second-order valence-corrected chi connectivity index (χ2v) is 6.91. The van der Waals surface area contributed by atoms with Crippen LogP contribution in [0, 0.1) is 11.3 Å². The van der Waals surface area contributed by atoms with Crippen LogP contribution >= 0.6 is 15.9 Å². The number of halogens is 1. The van der Waals surface area contributed by atoms with Crippen molar-refractivity contribution < 1.29 is 9.53 Å². The number of methoxy groups -OCH3 is 1. The van der Waals surface area contributed by atoms with Gasteiger partial charge in [-0.25, -0.2) is 0 Å². The van der Waals surface area contributed by atoms with Gasteiger partial charge in [0.1, 0.15) is 5.75 Å². The Kier molecular flexibility index (Phi) is 4.22. The highest BCUT2D eigenvalue weighted by Gasteiger charge is 2.57. The number of carbonyl (C=O) groups excluding carboxylic acids is 1. The number of amides is 1. The minimum absolute atomic E-state index is 0.212. The molecule has 0 radical (unpaired) electrons. The minimum Gasteiger partial charge on any atom is -0.496 e. The molecular formula is C16H21BrN2O2. The second-order valence-electron chi connectivity index (χ2n) is 6.06. The van der Waals surface area contributed by atoms with E-state index >= 15 is 0 Å². The lowest BCUT2D eigenvalue weighted by molar-refractivity contribution is -0.123. The molecule has 1 aromatic rings. The number of hydrogen-bond donors (Lipinski definition) is 2. The Morgan fingerprint density at radius 3 is 2.90 bits per heavy atom. The van der Waals surface area contributed by atoms with E-state index in [1.54, 1.807) is 7.11 Å². The zero-order valence-corrected chi connectivity index (χ0v) is 13.8. The van der Waals surface area contributed by atoms with Crippen molar-refractivity contribution in [2.45, 2.75) is 25.8 Å². The van der Waals surface area contributed by atoms with Gasteiger partial charge in [0, 0.05) is 12.5 Å². The van der Waals surface area contributed by atoms with Crippen LogP contribution in [0.25, 0.3) is 0 Å². The lowest BCUT2D eigenvalue weighted by atomic mass is 9.92. The maximum absolute atomic E-state index is 12.3. The van der Waals surface area contributed by atoms with Gasteiger partial charge < -0.3 is 15.4 Å². The van der Waals surface area contributed by atoms with Crippen LogP contribution in [0.4, 0.5) is 0 Å². The third kappa shape index (κ3) is 3.09. The zero-order chi connectivity index (χ0) is 14.9. The molecule has 4 nitrogen and oxygen atoms in total. The number of carbonyl (C=O) groups is 1. The van der Waals surface area contributed by atoms with E-state index in [0.717, 1.165) is 48.1 Å². The van der Waals surface area contributed by atoms with E-state index in [4.69, 9.17) is 4.74 Å². The first kappa shape index (κ1) is 14.9. The van der Waals surface area contributed by atoms with Gasteiger partial charge in [-0.2, -0.15) is 0 Å². The first-order valence-electron chi connectivity index (χ1n) is 7.45. The van der Waals surface area contributed by atoms with Gasteiger partial charge in [0.05, 0.1) is 11.6 Å². The molecule has 1 aromatic carbocycles. The average molecular weight is 353 g/mol. The average Bonchev–Trinajstić information content (AvgIpc) is 3.19. The fraction of sp³-hybridized carbons (Fsp3) is 0.562. The van der Waals surface area contributed by atoms with Crippen LogP contribution in [0.1, 0.15) is 24.8 Å². The van der Waals surface area contributed by atoms with Crippen LogP contribution in [-0.4, -0.2) is 26.1 Å². The SMILES string of the molecule is COc1ccc(CNC(=O)C2CC23CCNCC3)cc1Br. The van der Waals surface area contributed by atoms with Gasteiger partial charge in [0.25, 0.3) is 0 Å². The summed E-state index contributed by atoms with van der Waals surface area (Å²) in [5, 5.41) is 6.44. The molecule has 1 amide bonds. The minimum atomic E-state index is 0.212. The molecule has 1 spiro atoms. The lowest BCUT2D eigenvalue weighted by Crippen LogP contribution is -2.33. The van der Waals surface area contributed by atoms with Crippen molar-refractivity contribution in [1.82, 2.24) is 10.6 Å². The summed E-state index contributed by atoms with van der Waals surface area (Å²) in [5.41, 5.74) is 1.38. The number of piperidine rings is 1. The Bertz CT molecular complexity index is 541. The maximum Gasteiger partial charge on any atom is 0.223 e. The van der Waals surface area contributed by atoms with E-state index in [-0.39, 0.29) is 11.8 Å². The van der Waals surface area contributed by atoms with Gasteiger partial charge in [-0.05, 0) is 71.4 Å². The van der Waals surface area contributed by atoms with Crippen molar-refractivity contribution >= 4 is 21.8 Å². The molecule has 2 N–H and O–H groups in total. The van der Waals surface area contributed by atoms with Gasteiger partial charge in [0.15, 0.2) is 0 Å². The molecule has 1 saturated carbocycles. The summed E-state index contributed by atoms with van der Waals surface area (Å²) in [6.07, 6.45) is 3.34. The lowest BCUT2D eigenvalue weighted by Gasteiger charge is -2.23. The van der Waals surface area contributed by atoms with Gasteiger partial charge in [-0.15, -0.1) is 0 Å². The Labute approximate surface area is 133 Å². The highest BCUT2D eigenvalue weighted by Crippen LogP contribution is 2.58. The largest absolute Gasteiger partial charge is 0.496 e. The molecule has 21 heavy (non-hydrogen) atoms. The Morgan fingerprint density at radius 2 is 2.24 bits per heavy atom. The van der Waals surface area contributed by atoms with Gasteiger partial charge in [-0.1, -0.05) is 6.07 Å². The third-order valence-corrected chi connectivity index (χ3v) is 5.41. The van der Waals surface area contributed by atoms with E-state index in [1.807, 2.05) is 18.2 Å². The van der Waals surface area contributed by atoms with Gasteiger partial charge in [0.2, 0.25) is 5.91 Å². The van der Waals surface area contributed by atoms with E-state index in [0.29, 0.717) is 12.0 Å². The van der Waals surface area contributed by atoms with Crippen molar-refractivity contribution in [3.05, 3.63) is 28.2 Å². The van der Waals surface area contributed by atoms with Crippen molar-refractivity contribution in [3.8, 4) is 5.75 Å².